The number of thiazole rings is 1. The summed E-state index contributed by atoms with van der Waals surface area (Å²) in [6.45, 7) is 6.12. The highest BCUT2D eigenvalue weighted by molar-refractivity contribution is 7.15. The fraction of sp³-hybridized carbons (Fsp3) is 0.385. The van der Waals surface area contributed by atoms with Crippen molar-refractivity contribution >= 4 is 11.3 Å². The van der Waals surface area contributed by atoms with E-state index in [0.29, 0.717) is 5.92 Å². The van der Waals surface area contributed by atoms with Gasteiger partial charge >= 0.3 is 0 Å². The number of aromatic amines is 1. The van der Waals surface area contributed by atoms with E-state index in [2.05, 4.69) is 29.9 Å². The molecule has 0 aromatic carbocycles. The second kappa shape index (κ2) is 4.72. The lowest BCUT2D eigenvalue weighted by Gasteiger charge is -2.10. The molecule has 3 nitrogen and oxygen atoms in total. The predicted octanol–water partition coefficient (Wildman–Crippen LogP) is 3.71. The van der Waals surface area contributed by atoms with E-state index in [9.17, 15) is 5.26 Å². The summed E-state index contributed by atoms with van der Waals surface area (Å²) in [5.74, 6) is 0.256. The molecular formula is C13H15N3S. The molecule has 0 fully saturated rings. The molecule has 17 heavy (non-hydrogen) atoms. The van der Waals surface area contributed by atoms with Gasteiger partial charge in [-0.3, -0.25) is 0 Å². The molecule has 0 aliphatic rings. The lowest BCUT2D eigenvalue weighted by Crippen LogP contribution is -2.03. The Bertz CT molecular complexity index is 532. The summed E-state index contributed by atoms with van der Waals surface area (Å²) in [5.41, 5.74) is 1.99. The van der Waals surface area contributed by atoms with Crippen LogP contribution < -0.4 is 0 Å². The molecule has 88 valence electrons. The average molecular weight is 245 g/mol. The van der Waals surface area contributed by atoms with Gasteiger partial charge in [-0.1, -0.05) is 13.8 Å². The van der Waals surface area contributed by atoms with E-state index in [4.69, 9.17) is 0 Å². The first kappa shape index (κ1) is 11.9. The number of nitrogens with one attached hydrogen (secondary N) is 1. The highest BCUT2D eigenvalue weighted by atomic mass is 32.1. The monoisotopic (exact) mass is 245 g/mol. The van der Waals surface area contributed by atoms with Crippen LogP contribution in [0.15, 0.2) is 18.3 Å². The predicted molar refractivity (Wildman–Crippen MR) is 69.8 cm³/mol. The van der Waals surface area contributed by atoms with Crippen LogP contribution in [0.1, 0.15) is 30.3 Å². The highest BCUT2D eigenvalue weighted by Gasteiger charge is 2.21. The maximum atomic E-state index is 9.24. The number of nitrogens with zero attached hydrogens (tertiary/aromatic N) is 2. The Morgan fingerprint density at radius 2 is 2.24 bits per heavy atom. The summed E-state index contributed by atoms with van der Waals surface area (Å²) >= 11 is 1.61. The Balaban J connectivity index is 2.41. The molecule has 0 amide bonds. The molecule has 0 radical (unpaired) electrons. The number of aromatic nitrogens is 2. The summed E-state index contributed by atoms with van der Waals surface area (Å²) in [7, 11) is 0. The Labute approximate surface area is 105 Å². The SMILES string of the molecule is Cc1nc(-c2ccc[nH]2)sc1C(C#N)C(C)C. The lowest BCUT2D eigenvalue weighted by molar-refractivity contribution is 0.591. The largest absolute Gasteiger partial charge is 0.359 e. The zero-order valence-corrected chi connectivity index (χ0v) is 11.0. The van der Waals surface area contributed by atoms with Crippen molar-refractivity contribution in [2.24, 2.45) is 5.92 Å². The van der Waals surface area contributed by atoms with E-state index < -0.39 is 0 Å². The Morgan fingerprint density at radius 1 is 1.47 bits per heavy atom. The minimum Gasteiger partial charge on any atom is -0.359 e. The number of hydrogen-bond acceptors (Lipinski definition) is 3. The Morgan fingerprint density at radius 3 is 2.76 bits per heavy atom. The van der Waals surface area contributed by atoms with Gasteiger partial charge in [0.05, 0.1) is 23.4 Å². The van der Waals surface area contributed by atoms with E-state index >= 15 is 0 Å². The second-order valence-corrected chi connectivity index (χ2v) is 5.43. The molecule has 1 unspecified atom stereocenters. The van der Waals surface area contributed by atoms with Crippen LogP contribution in [0.25, 0.3) is 10.7 Å². The van der Waals surface area contributed by atoms with Crippen LogP contribution in [0.2, 0.25) is 0 Å². The molecule has 0 saturated carbocycles. The van der Waals surface area contributed by atoms with Crippen molar-refractivity contribution < 1.29 is 0 Å². The summed E-state index contributed by atoms with van der Waals surface area (Å²) < 4.78 is 0. The quantitative estimate of drug-likeness (QED) is 0.896. The average Bonchev–Trinajstić information content (AvgIpc) is 2.89. The van der Waals surface area contributed by atoms with E-state index in [0.717, 1.165) is 21.3 Å². The van der Waals surface area contributed by atoms with Crippen molar-refractivity contribution in [1.82, 2.24) is 9.97 Å². The summed E-state index contributed by atoms with van der Waals surface area (Å²) in [4.78, 5) is 8.78. The van der Waals surface area contributed by atoms with Gasteiger partial charge in [-0.25, -0.2) is 4.98 Å². The van der Waals surface area contributed by atoms with Crippen LogP contribution >= 0.6 is 11.3 Å². The number of H-pyrrole nitrogens is 1. The first-order valence-corrected chi connectivity index (χ1v) is 6.45. The molecule has 1 atom stereocenters. The van der Waals surface area contributed by atoms with Gasteiger partial charge in [-0.15, -0.1) is 11.3 Å². The van der Waals surface area contributed by atoms with Crippen molar-refractivity contribution in [3.63, 3.8) is 0 Å². The standard InChI is InChI=1S/C13H15N3S/c1-8(2)10(7-14)12-9(3)16-13(17-12)11-5-4-6-15-11/h4-6,8,10,15H,1-3H3. The van der Waals surface area contributed by atoms with Crippen molar-refractivity contribution in [1.29, 1.82) is 5.26 Å². The van der Waals surface area contributed by atoms with Crippen LogP contribution in [0.3, 0.4) is 0 Å². The Hall–Kier alpha value is -1.60. The smallest absolute Gasteiger partial charge is 0.140 e. The van der Waals surface area contributed by atoms with Gasteiger partial charge in [0.1, 0.15) is 5.01 Å². The van der Waals surface area contributed by atoms with E-state index in [-0.39, 0.29) is 5.92 Å². The fourth-order valence-corrected chi connectivity index (χ4v) is 3.06. The number of rotatable bonds is 3. The molecule has 0 bridgehead atoms. The van der Waals surface area contributed by atoms with Gasteiger partial charge in [0.15, 0.2) is 0 Å². The molecule has 0 aliphatic heterocycles. The maximum Gasteiger partial charge on any atom is 0.140 e. The lowest BCUT2D eigenvalue weighted by atomic mass is 9.95. The van der Waals surface area contributed by atoms with Crippen LogP contribution in [-0.2, 0) is 0 Å². The number of aryl methyl sites for hydroxylation is 1. The zero-order chi connectivity index (χ0) is 12.4. The summed E-state index contributed by atoms with van der Waals surface area (Å²) in [6, 6.07) is 6.33. The first-order valence-electron chi connectivity index (χ1n) is 5.64. The molecule has 4 heteroatoms. The van der Waals surface area contributed by atoms with Gasteiger partial charge in [0, 0.05) is 11.1 Å². The van der Waals surface area contributed by atoms with Crippen LogP contribution in [0, 0.1) is 24.2 Å². The van der Waals surface area contributed by atoms with Crippen molar-refractivity contribution in [3.05, 3.63) is 28.9 Å². The molecule has 0 spiro atoms. The van der Waals surface area contributed by atoms with Gasteiger partial charge in [0.2, 0.25) is 0 Å². The number of nitriles is 1. The third-order valence-corrected chi connectivity index (χ3v) is 4.02. The minimum absolute atomic E-state index is 0.0591. The molecular weight excluding hydrogens is 230 g/mol. The molecule has 2 rings (SSSR count). The van der Waals surface area contributed by atoms with Crippen molar-refractivity contribution in [3.8, 4) is 16.8 Å². The maximum absolute atomic E-state index is 9.24. The second-order valence-electron chi connectivity index (χ2n) is 4.40. The van der Waals surface area contributed by atoms with Crippen LogP contribution in [-0.4, -0.2) is 9.97 Å². The Kier molecular flexibility index (Phi) is 3.30. The third kappa shape index (κ3) is 2.25. The first-order chi connectivity index (χ1) is 8.13. The molecule has 0 saturated heterocycles. The van der Waals surface area contributed by atoms with Crippen molar-refractivity contribution in [2.75, 3.05) is 0 Å². The third-order valence-electron chi connectivity index (χ3n) is 2.75. The van der Waals surface area contributed by atoms with Gasteiger partial charge in [-0.05, 0) is 25.0 Å². The van der Waals surface area contributed by atoms with Gasteiger partial charge in [-0.2, -0.15) is 5.26 Å². The fourth-order valence-electron chi connectivity index (χ4n) is 1.79. The van der Waals surface area contributed by atoms with Crippen molar-refractivity contribution in [2.45, 2.75) is 26.7 Å². The summed E-state index contributed by atoms with van der Waals surface area (Å²) in [6.07, 6.45) is 1.88. The zero-order valence-electron chi connectivity index (χ0n) is 10.2. The normalized spacial score (nSPS) is 12.6. The summed E-state index contributed by atoms with van der Waals surface area (Å²) in [5, 5.41) is 10.2. The van der Waals surface area contributed by atoms with E-state index in [1.54, 1.807) is 11.3 Å². The van der Waals surface area contributed by atoms with Gasteiger partial charge < -0.3 is 4.98 Å². The van der Waals surface area contributed by atoms with Gasteiger partial charge in [0.25, 0.3) is 0 Å². The molecule has 2 aromatic heterocycles. The van der Waals surface area contributed by atoms with Crippen LogP contribution in [0.4, 0.5) is 0 Å². The minimum atomic E-state index is -0.0591. The molecule has 2 aromatic rings. The molecule has 1 N–H and O–H groups in total. The van der Waals surface area contributed by atoms with E-state index in [1.807, 2.05) is 25.3 Å². The molecule has 0 aliphatic carbocycles. The van der Waals surface area contributed by atoms with E-state index in [1.165, 1.54) is 0 Å². The van der Waals surface area contributed by atoms with Crippen LogP contribution in [0.5, 0.6) is 0 Å². The highest BCUT2D eigenvalue weighted by Crippen LogP contribution is 2.35. The molecule has 2 heterocycles. The topological polar surface area (TPSA) is 52.5 Å². The number of hydrogen-bond donors (Lipinski definition) is 1.